The van der Waals surface area contributed by atoms with E-state index >= 15 is 0 Å². The summed E-state index contributed by atoms with van der Waals surface area (Å²) in [6.07, 6.45) is 1.34. The Hall–Kier alpha value is -1.67. The van der Waals surface area contributed by atoms with Crippen LogP contribution in [0.15, 0.2) is 16.6 Å². The maximum atomic E-state index is 11.5. The van der Waals surface area contributed by atoms with Crippen molar-refractivity contribution in [3.8, 4) is 0 Å². The van der Waals surface area contributed by atoms with Gasteiger partial charge in [-0.05, 0) is 34.8 Å². The minimum atomic E-state index is -0.783. The lowest BCUT2D eigenvalue weighted by Gasteiger charge is -2.13. The number of nitro groups is 1. The molecule has 0 radical (unpaired) electrons. The molecule has 1 fully saturated rings. The molecule has 1 aromatic carbocycles. The van der Waals surface area contributed by atoms with Crippen molar-refractivity contribution < 1.29 is 19.6 Å². The number of rotatable bonds is 5. The average molecular weight is 345 g/mol. The highest BCUT2D eigenvalue weighted by molar-refractivity contribution is 9.10. The van der Waals surface area contributed by atoms with E-state index in [1.54, 1.807) is 0 Å². The van der Waals surface area contributed by atoms with Gasteiger partial charge in [0.15, 0.2) is 0 Å². The molecule has 0 atom stereocenters. The zero-order chi connectivity index (χ0) is 14.9. The van der Waals surface area contributed by atoms with Gasteiger partial charge in [0.2, 0.25) is 0 Å². The van der Waals surface area contributed by atoms with Crippen LogP contribution >= 0.6 is 15.9 Å². The Labute approximate surface area is 123 Å². The largest absolute Gasteiger partial charge is 0.465 e. The number of hydrogen-bond donors (Lipinski definition) is 2. The number of carbonyl (C=O) groups is 1. The molecule has 0 heterocycles. The smallest absolute Gasteiger partial charge is 0.338 e. The summed E-state index contributed by atoms with van der Waals surface area (Å²) >= 11 is 3.20. The van der Waals surface area contributed by atoms with E-state index in [-0.39, 0.29) is 23.5 Å². The van der Waals surface area contributed by atoms with Gasteiger partial charge in [-0.3, -0.25) is 10.1 Å². The number of nitrogens with zero attached hydrogens (tertiary/aromatic N) is 1. The van der Waals surface area contributed by atoms with Crippen LogP contribution < -0.4 is 5.32 Å². The van der Waals surface area contributed by atoms with Gasteiger partial charge in [-0.2, -0.15) is 0 Å². The molecule has 108 valence electrons. The Morgan fingerprint density at radius 2 is 2.25 bits per heavy atom. The zero-order valence-corrected chi connectivity index (χ0v) is 12.3. The van der Waals surface area contributed by atoms with Crippen molar-refractivity contribution >= 4 is 33.3 Å². The van der Waals surface area contributed by atoms with Crippen LogP contribution in [0, 0.1) is 10.1 Å². The van der Waals surface area contributed by atoms with Crippen molar-refractivity contribution in [3.63, 3.8) is 0 Å². The van der Waals surface area contributed by atoms with Gasteiger partial charge in [0.1, 0.15) is 5.69 Å². The van der Waals surface area contributed by atoms with Gasteiger partial charge in [0.25, 0.3) is 5.69 Å². The lowest BCUT2D eigenvalue weighted by atomic mass is 10.1. The first-order valence-electron chi connectivity index (χ1n) is 5.89. The van der Waals surface area contributed by atoms with Crippen molar-refractivity contribution in [1.29, 1.82) is 0 Å². The van der Waals surface area contributed by atoms with E-state index < -0.39 is 16.5 Å². The van der Waals surface area contributed by atoms with Crippen molar-refractivity contribution in [2.75, 3.05) is 19.0 Å². The van der Waals surface area contributed by atoms with Crippen LogP contribution in [0.4, 0.5) is 11.4 Å². The Morgan fingerprint density at radius 1 is 1.60 bits per heavy atom. The predicted octanol–water partition coefficient (Wildman–Crippen LogP) is 2.08. The average Bonchev–Trinajstić information content (AvgIpc) is 3.13. The van der Waals surface area contributed by atoms with Crippen LogP contribution in [0.5, 0.6) is 0 Å². The van der Waals surface area contributed by atoms with Gasteiger partial charge in [0.05, 0.1) is 23.2 Å². The lowest BCUT2D eigenvalue weighted by molar-refractivity contribution is -0.384. The molecule has 0 amide bonds. The number of aliphatic hydroxyl groups is 1. The number of anilines is 1. The predicted molar refractivity (Wildman–Crippen MR) is 74.8 cm³/mol. The number of ether oxygens (including phenoxy) is 1. The van der Waals surface area contributed by atoms with Gasteiger partial charge in [-0.1, -0.05) is 0 Å². The molecule has 7 nitrogen and oxygen atoms in total. The van der Waals surface area contributed by atoms with Crippen LogP contribution in [-0.4, -0.2) is 35.3 Å². The van der Waals surface area contributed by atoms with E-state index in [2.05, 4.69) is 26.0 Å². The van der Waals surface area contributed by atoms with E-state index in [4.69, 9.17) is 0 Å². The number of carbonyl (C=O) groups excluding carboxylic acids is 1. The molecule has 2 rings (SSSR count). The van der Waals surface area contributed by atoms with E-state index in [9.17, 15) is 20.0 Å². The molecule has 0 aromatic heterocycles. The summed E-state index contributed by atoms with van der Waals surface area (Å²) in [4.78, 5) is 22.0. The number of methoxy groups -OCH3 is 1. The van der Waals surface area contributed by atoms with Crippen LogP contribution in [0.2, 0.25) is 0 Å². The molecule has 1 saturated carbocycles. The van der Waals surface area contributed by atoms with Gasteiger partial charge >= 0.3 is 5.97 Å². The number of hydrogen-bond acceptors (Lipinski definition) is 6. The number of halogens is 1. The first-order valence-corrected chi connectivity index (χ1v) is 6.68. The fourth-order valence-electron chi connectivity index (χ4n) is 1.72. The number of esters is 1. The third-order valence-electron chi connectivity index (χ3n) is 3.11. The van der Waals surface area contributed by atoms with Crippen molar-refractivity contribution in [1.82, 2.24) is 0 Å². The molecule has 0 bridgehead atoms. The summed E-state index contributed by atoms with van der Waals surface area (Å²) in [5, 5.41) is 23.7. The number of nitrogens with one attached hydrogen (secondary N) is 1. The third-order valence-corrected chi connectivity index (χ3v) is 3.73. The summed E-state index contributed by atoms with van der Waals surface area (Å²) in [6, 6.07) is 2.59. The third kappa shape index (κ3) is 3.07. The summed E-state index contributed by atoms with van der Waals surface area (Å²) in [5.74, 6) is -0.652. The molecule has 1 aliphatic rings. The molecule has 0 spiro atoms. The molecule has 1 aliphatic carbocycles. The highest BCUT2D eigenvalue weighted by Crippen LogP contribution is 2.38. The number of benzene rings is 1. The fraction of sp³-hybridized carbons (Fsp3) is 0.417. The van der Waals surface area contributed by atoms with Gasteiger partial charge < -0.3 is 15.2 Å². The van der Waals surface area contributed by atoms with Crippen molar-refractivity contribution in [2.45, 2.75) is 18.4 Å². The summed E-state index contributed by atoms with van der Waals surface area (Å²) in [6.45, 7) is 0.226. The molecule has 2 N–H and O–H groups in total. The zero-order valence-electron chi connectivity index (χ0n) is 10.7. The minimum absolute atomic E-state index is 0.0850. The lowest BCUT2D eigenvalue weighted by Crippen LogP contribution is -2.21. The second kappa shape index (κ2) is 5.37. The second-order valence-corrected chi connectivity index (χ2v) is 5.53. The molecular weight excluding hydrogens is 332 g/mol. The summed E-state index contributed by atoms with van der Waals surface area (Å²) < 4.78 is 4.92. The van der Waals surface area contributed by atoms with Gasteiger partial charge in [0, 0.05) is 17.1 Å². The Bertz CT molecular complexity index is 571. The van der Waals surface area contributed by atoms with E-state index in [0.717, 1.165) is 6.07 Å². The Balaban J connectivity index is 2.34. The van der Waals surface area contributed by atoms with E-state index in [0.29, 0.717) is 17.3 Å². The number of nitro benzene ring substituents is 1. The first kappa shape index (κ1) is 14.7. The van der Waals surface area contributed by atoms with Gasteiger partial charge in [-0.25, -0.2) is 4.79 Å². The van der Waals surface area contributed by atoms with E-state index in [1.807, 2.05) is 0 Å². The molecule has 0 aliphatic heterocycles. The highest BCUT2D eigenvalue weighted by Gasteiger charge is 2.40. The molecule has 1 aromatic rings. The summed E-state index contributed by atoms with van der Waals surface area (Å²) in [5.41, 5.74) is -0.706. The van der Waals surface area contributed by atoms with Crippen LogP contribution in [0.1, 0.15) is 23.2 Å². The topological polar surface area (TPSA) is 102 Å². The van der Waals surface area contributed by atoms with Crippen molar-refractivity contribution in [2.24, 2.45) is 0 Å². The maximum absolute atomic E-state index is 11.5. The quantitative estimate of drug-likeness (QED) is 0.481. The van der Waals surface area contributed by atoms with E-state index in [1.165, 1.54) is 13.2 Å². The highest BCUT2D eigenvalue weighted by atomic mass is 79.9. The Kier molecular flexibility index (Phi) is 3.96. The monoisotopic (exact) mass is 344 g/mol. The van der Waals surface area contributed by atoms with Gasteiger partial charge in [-0.15, -0.1) is 0 Å². The minimum Gasteiger partial charge on any atom is -0.465 e. The van der Waals surface area contributed by atoms with Crippen LogP contribution in [-0.2, 0) is 4.74 Å². The van der Waals surface area contributed by atoms with Crippen LogP contribution in [0.25, 0.3) is 0 Å². The van der Waals surface area contributed by atoms with Crippen LogP contribution in [0.3, 0.4) is 0 Å². The normalized spacial score (nSPS) is 15.6. The molecule has 8 heteroatoms. The molecule has 0 saturated heterocycles. The fourth-order valence-corrected chi connectivity index (χ4v) is 2.31. The summed E-state index contributed by atoms with van der Waals surface area (Å²) in [7, 11) is 1.21. The molecule has 20 heavy (non-hydrogen) atoms. The Morgan fingerprint density at radius 3 is 2.75 bits per heavy atom. The maximum Gasteiger partial charge on any atom is 0.338 e. The molecule has 0 unspecified atom stereocenters. The molecular formula is C12H13BrN2O5. The van der Waals surface area contributed by atoms with Crippen molar-refractivity contribution in [3.05, 3.63) is 32.3 Å². The first-order chi connectivity index (χ1) is 9.36. The standard InChI is InChI=1S/C12H13BrN2O5/c1-20-11(16)7-4-8(13)10(9(5-7)15(18)19)14-6-12(17)2-3-12/h4-5,14,17H,2-3,6H2,1H3. The second-order valence-electron chi connectivity index (χ2n) is 4.68. The SMILES string of the molecule is COC(=O)c1cc(Br)c(NCC2(O)CC2)c([N+](=O)[O-])c1.